The van der Waals surface area contributed by atoms with E-state index in [0.29, 0.717) is 27.7 Å². The fourth-order valence-corrected chi connectivity index (χ4v) is 4.82. The molecule has 1 unspecified atom stereocenters. The van der Waals surface area contributed by atoms with E-state index in [1.807, 2.05) is 0 Å². The molecule has 2 aromatic carbocycles. The Hall–Kier alpha value is -4.05. The lowest BCUT2D eigenvalue weighted by Gasteiger charge is -2.19. The van der Waals surface area contributed by atoms with Crippen LogP contribution in [0.15, 0.2) is 54.7 Å². The fraction of sp³-hybridized carbons (Fsp3) is 0.231. The number of carbonyl (C=O) groups excluding carboxylic acids is 2. The monoisotopic (exact) mass is 525 g/mol. The summed E-state index contributed by atoms with van der Waals surface area (Å²) in [4.78, 5) is 27.9. The van der Waals surface area contributed by atoms with Crippen molar-refractivity contribution in [3.05, 3.63) is 88.3 Å². The predicted molar refractivity (Wildman–Crippen MR) is 133 cm³/mol. The molecule has 0 aliphatic carbocycles. The standard InChI is InChI=1S/C26H22ClF2N5O3/c1-14-31-32-24-22(4-3-9-33(14)24)34-13-19(23-20(28)10-17(37-2)11-21(23)29)18(26(34)36)12-30-25(35)15-5-7-16(27)8-6-15/h3-11,18-19H,12-13H2,1-2H3,(H,30,35)/t18?,19-/m1/s1. The highest BCUT2D eigenvalue weighted by molar-refractivity contribution is 6.30. The minimum atomic E-state index is -0.946. The summed E-state index contributed by atoms with van der Waals surface area (Å²) in [6, 6.07) is 11.9. The fourth-order valence-electron chi connectivity index (χ4n) is 4.69. The minimum Gasteiger partial charge on any atom is -0.497 e. The molecule has 190 valence electrons. The first-order chi connectivity index (χ1) is 17.8. The number of aryl methyl sites for hydroxylation is 1. The number of benzene rings is 2. The third kappa shape index (κ3) is 4.48. The Morgan fingerprint density at radius 3 is 2.54 bits per heavy atom. The van der Waals surface area contributed by atoms with E-state index in [1.165, 1.54) is 12.0 Å². The van der Waals surface area contributed by atoms with Gasteiger partial charge in [-0.25, -0.2) is 8.78 Å². The Bertz CT molecular complexity index is 1490. The van der Waals surface area contributed by atoms with Gasteiger partial charge in [-0.1, -0.05) is 11.6 Å². The van der Waals surface area contributed by atoms with Crippen LogP contribution in [0.3, 0.4) is 0 Å². The summed E-state index contributed by atoms with van der Waals surface area (Å²) >= 11 is 5.90. The Morgan fingerprint density at radius 1 is 1.16 bits per heavy atom. The second-order valence-corrected chi connectivity index (χ2v) is 9.15. The van der Waals surface area contributed by atoms with Crippen LogP contribution in [0.25, 0.3) is 5.65 Å². The highest BCUT2D eigenvalue weighted by Crippen LogP contribution is 2.40. The molecule has 11 heteroatoms. The van der Waals surface area contributed by atoms with Crippen LogP contribution in [0.2, 0.25) is 5.02 Å². The van der Waals surface area contributed by atoms with Gasteiger partial charge >= 0.3 is 0 Å². The number of amides is 2. The van der Waals surface area contributed by atoms with Gasteiger partial charge < -0.3 is 15.0 Å². The van der Waals surface area contributed by atoms with Crippen molar-refractivity contribution in [2.75, 3.05) is 25.1 Å². The Balaban J connectivity index is 1.52. The second kappa shape index (κ2) is 9.78. The number of fused-ring (bicyclic) bond motifs is 1. The molecule has 2 atom stereocenters. The third-order valence-corrected chi connectivity index (χ3v) is 6.82. The summed E-state index contributed by atoms with van der Waals surface area (Å²) < 4.78 is 37.0. The van der Waals surface area contributed by atoms with Gasteiger partial charge in [0.15, 0.2) is 5.65 Å². The highest BCUT2D eigenvalue weighted by atomic mass is 35.5. The number of aromatic nitrogens is 3. The van der Waals surface area contributed by atoms with E-state index in [9.17, 15) is 9.59 Å². The van der Waals surface area contributed by atoms with Gasteiger partial charge in [0.05, 0.1) is 18.7 Å². The van der Waals surface area contributed by atoms with Crippen molar-refractivity contribution >= 4 is 34.7 Å². The molecule has 1 aliphatic rings. The summed E-state index contributed by atoms with van der Waals surface area (Å²) in [5.74, 6) is -3.69. The van der Waals surface area contributed by atoms with E-state index in [1.54, 1.807) is 53.9 Å². The summed E-state index contributed by atoms with van der Waals surface area (Å²) in [5.41, 5.74) is 0.994. The third-order valence-electron chi connectivity index (χ3n) is 6.57. The van der Waals surface area contributed by atoms with Crippen molar-refractivity contribution in [1.29, 1.82) is 0 Å². The molecular weight excluding hydrogens is 504 g/mol. The molecule has 0 saturated carbocycles. The van der Waals surface area contributed by atoms with Crippen molar-refractivity contribution < 1.29 is 23.1 Å². The van der Waals surface area contributed by atoms with Crippen molar-refractivity contribution in [2.24, 2.45) is 5.92 Å². The molecular formula is C26H22ClF2N5O3. The summed E-state index contributed by atoms with van der Waals surface area (Å²) in [7, 11) is 1.31. The zero-order valence-corrected chi connectivity index (χ0v) is 20.7. The van der Waals surface area contributed by atoms with E-state index >= 15 is 8.78 Å². The normalized spacial score (nSPS) is 17.4. The predicted octanol–water partition coefficient (Wildman–Crippen LogP) is 4.15. The van der Waals surface area contributed by atoms with Crippen LogP contribution in [0.5, 0.6) is 5.75 Å². The van der Waals surface area contributed by atoms with E-state index in [-0.39, 0.29) is 24.4 Å². The largest absolute Gasteiger partial charge is 0.497 e. The van der Waals surface area contributed by atoms with E-state index in [0.717, 1.165) is 12.1 Å². The van der Waals surface area contributed by atoms with Crippen molar-refractivity contribution in [3.8, 4) is 5.75 Å². The lowest BCUT2D eigenvalue weighted by atomic mass is 9.87. The molecule has 5 rings (SSSR count). The first-order valence-electron chi connectivity index (χ1n) is 11.5. The number of methoxy groups -OCH3 is 1. The van der Waals surface area contributed by atoms with E-state index in [4.69, 9.17) is 16.3 Å². The molecule has 37 heavy (non-hydrogen) atoms. The SMILES string of the molecule is COc1cc(F)c([C@@H]2CN(c3cccn4c(C)nnc34)C(=O)C2CNC(=O)c2ccc(Cl)cc2)c(F)c1. The van der Waals surface area contributed by atoms with Crippen LogP contribution in [0, 0.1) is 24.5 Å². The number of hydrogen-bond donors (Lipinski definition) is 1. The average Bonchev–Trinajstić information content (AvgIpc) is 3.42. The molecule has 2 amide bonds. The van der Waals surface area contributed by atoms with Crippen LogP contribution in [-0.4, -0.2) is 46.6 Å². The molecule has 0 spiro atoms. The Labute approximate surface area is 215 Å². The number of pyridine rings is 1. The maximum absolute atomic E-state index is 15.2. The zero-order valence-electron chi connectivity index (χ0n) is 19.9. The number of hydrogen-bond acceptors (Lipinski definition) is 5. The van der Waals surface area contributed by atoms with Crippen LogP contribution >= 0.6 is 11.6 Å². The molecule has 1 fully saturated rings. The van der Waals surface area contributed by atoms with Crippen LogP contribution in [0.4, 0.5) is 14.5 Å². The van der Waals surface area contributed by atoms with Gasteiger partial charge in [-0.15, -0.1) is 10.2 Å². The smallest absolute Gasteiger partial charge is 0.251 e. The van der Waals surface area contributed by atoms with Crippen LogP contribution in [0.1, 0.15) is 27.7 Å². The summed E-state index contributed by atoms with van der Waals surface area (Å²) in [6.07, 6.45) is 1.76. The molecule has 1 saturated heterocycles. The van der Waals surface area contributed by atoms with E-state index < -0.39 is 35.3 Å². The lowest BCUT2D eigenvalue weighted by molar-refractivity contribution is -0.120. The number of halogens is 3. The number of nitrogens with zero attached hydrogens (tertiary/aromatic N) is 4. The molecule has 2 aromatic heterocycles. The Morgan fingerprint density at radius 2 is 1.86 bits per heavy atom. The number of anilines is 1. The molecule has 3 heterocycles. The first-order valence-corrected chi connectivity index (χ1v) is 11.8. The number of nitrogens with one attached hydrogen (secondary N) is 1. The van der Waals surface area contributed by atoms with Gasteiger partial charge in [-0.2, -0.15) is 0 Å². The van der Waals surface area contributed by atoms with Crippen LogP contribution in [-0.2, 0) is 4.79 Å². The summed E-state index contributed by atoms with van der Waals surface area (Å²) in [5, 5.41) is 11.4. The minimum absolute atomic E-state index is 0.0218. The molecule has 0 radical (unpaired) electrons. The second-order valence-electron chi connectivity index (χ2n) is 8.72. The van der Waals surface area contributed by atoms with Crippen molar-refractivity contribution in [1.82, 2.24) is 19.9 Å². The molecule has 4 aromatic rings. The zero-order chi connectivity index (χ0) is 26.3. The maximum atomic E-state index is 15.2. The summed E-state index contributed by atoms with van der Waals surface area (Å²) in [6.45, 7) is 1.61. The molecule has 0 bridgehead atoms. The lowest BCUT2D eigenvalue weighted by Crippen LogP contribution is -2.36. The number of ether oxygens (including phenoxy) is 1. The molecule has 1 N–H and O–H groups in total. The quantitative estimate of drug-likeness (QED) is 0.408. The van der Waals surface area contributed by atoms with Crippen LogP contribution < -0.4 is 15.0 Å². The first kappa shape index (κ1) is 24.6. The highest BCUT2D eigenvalue weighted by Gasteiger charge is 2.45. The van der Waals surface area contributed by atoms with Crippen molar-refractivity contribution in [3.63, 3.8) is 0 Å². The van der Waals surface area contributed by atoms with Crippen molar-refractivity contribution in [2.45, 2.75) is 12.8 Å². The van der Waals surface area contributed by atoms with Gasteiger partial charge in [0.25, 0.3) is 5.91 Å². The van der Waals surface area contributed by atoms with E-state index in [2.05, 4.69) is 15.5 Å². The van der Waals surface area contributed by atoms with Gasteiger partial charge in [0, 0.05) is 53.5 Å². The molecule has 1 aliphatic heterocycles. The van der Waals surface area contributed by atoms with Gasteiger partial charge in [0.1, 0.15) is 23.2 Å². The number of rotatable bonds is 6. The van der Waals surface area contributed by atoms with Gasteiger partial charge in [-0.3, -0.25) is 14.0 Å². The Kier molecular flexibility index (Phi) is 6.51. The van der Waals surface area contributed by atoms with Gasteiger partial charge in [0.2, 0.25) is 5.91 Å². The average molecular weight is 526 g/mol. The van der Waals surface area contributed by atoms with Gasteiger partial charge in [-0.05, 0) is 43.3 Å². The topological polar surface area (TPSA) is 88.8 Å². The number of carbonyl (C=O) groups is 2. The molecule has 8 nitrogen and oxygen atoms in total. The maximum Gasteiger partial charge on any atom is 0.251 e.